The van der Waals surface area contributed by atoms with Crippen LogP contribution in [0.5, 0.6) is 0 Å². The third-order valence-electron chi connectivity index (χ3n) is 13.6. The Bertz CT molecular complexity index is 2590. The van der Waals surface area contributed by atoms with Gasteiger partial charge in [0.15, 0.2) is 6.20 Å². The second kappa shape index (κ2) is 12.7. The van der Waals surface area contributed by atoms with Crippen LogP contribution in [0.15, 0.2) is 121 Å². The van der Waals surface area contributed by atoms with Gasteiger partial charge >= 0.3 is 0 Å². The van der Waals surface area contributed by atoms with Crippen LogP contribution in [0.25, 0.3) is 55.4 Å². The zero-order valence-electron chi connectivity index (χ0n) is 33.3. The van der Waals surface area contributed by atoms with Crippen molar-refractivity contribution in [3.8, 4) is 44.6 Å². The summed E-state index contributed by atoms with van der Waals surface area (Å²) >= 11 is 0. The summed E-state index contributed by atoms with van der Waals surface area (Å²) in [6.07, 6.45) is 5.57. The maximum Gasteiger partial charge on any atom is 0.220 e. The van der Waals surface area contributed by atoms with Gasteiger partial charge in [-0.25, -0.2) is 0 Å². The largest absolute Gasteiger partial charge is 0.220 e. The molecule has 0 amide bonds. The van der Waals surface area contributed by atoms with Gasteiger partial charge in [-0.15, -0.1) is 0 Å². The quantitative estimate of drug-likeness (QED) is 0.146. The van der Waals surface area contributed by atoms with E-state index >= 15 is 0 Å². The monoisotopic (exact) mass is 702 g/mol. The number of nitrogens with zero attached hydrogens (tertiary/aromatic N) is 1. The van der Waals surface area contributed by atoms with Gasteiger partial charge in [0.1, 0.15) is 6.54 Å². The van der Waals surface area contributed by atoms with E-state index < -0.39 is 0 Å². The Morgan fingerprint density at radius 1 is 0.519 bits per heavy atom. The van der Waals surface area contributed by atoms with E-state index in [2.05, 4.69) is 181 Å². The predicted molar refractivity (Wildman–Crippen MR) is 228 cm³/mol. The lowest BCUT2D eigenvalue weighted by molar-refractivity contribution is -0.685. The first-order chi connectivity index (χ1) is 26.1. The fourth-order valence-corrected chi connectivity index (χ4v) is 9.95. The van der Waals surface area contributed by atoms with Crippen LogP contribution in [-0.4, -0.2) is 0 Å². The smallest absolute Gasteiger partial charge is 0.198 e. The number of rotatable bonds is 7. The van der Waals surface area contributed by atoms with Crippen molar-refractivity contribution in [1.82, 2.24) is 0 Å². The maximum absolute atomic E-state index is 2.52. The SMILES string of the molecule is CCC[n+]1ccc2ccccc2c1-c1cc(-c2ccc3c(c2)-c2ccccc2C32c3cc(C)c(C)cc3-c3cc(C)c(C)cc32)ccc1C(C)(CC)CC. The number of fused-ring (bicyclic) bond motifs is 11. The molecular weight excluding hydrogens is 651 g/mol. The molecule has 1 heterocycles. The summed E-state index contributed by atoms with van der Waals surface area (Å²) in [5, 5.41) is 2.61. The van der Waals surface area contributed by atoms with Crippen molar-refractivity contribution < 1.29 is 4.57 Å². The van der Waals surface area contributed by atoms with Crippen molar-refractivity contribution in [2.45, 2.75) is 92.0 Å². The van der Waals surface area contributed by atoms with Gasteiger partial charge in [-0.3, -0.25) is 0 Å². The van der Waals surface area contributed by atoms with Gasteiger partial charge in [0.05, 0.1) is 16.4 Å². The molecule has 0 saturated carbocycles. The maximum atomic E-state index is 2.52. The molecule has 54 heavy (non-hydrogen) atoms. The molecule has 0 radical (unpaired) electrons. The first-order valence-corrected chi connectivity index (χ1v) is 20.2. The molecule has 1 spiro atoms. The standard InChI is InChI=1S/C53H52N/c1-9-25-54-26-24-37-16-12-13-17-40(37)51(54)45-32-39(20-22-46(45)52(8,10-2)11-3)38-21-23-48-44(31-38)41-18-14-15-19-47(41)53(48)49-29-35(6)33(4)27-42(49)43-28-34(5)36(7)30-50(43)53/h12-24,26-32H,9-11,25H2,1-8H3/q+1. The minimum Gasteiger partial charge on any atom is -0.198 e. The van der Waals surface area contributed by atoms with Gasteiger partial charge in [0.2, 0.25) is 5.69 Å². The van der Waals surface area contributed by atoms with Crippen LogP contribution in [0.4, 0.5) is 0 Å². The summed E-state index contributed by atoms with van der Waals surface area (Å²) < 4.78 is 2.50. The van der Waals surface area contributed by atoms with Crippen molar-refractivity contribution >= 4 is 10.8 Å². The molecule has 0 unspecified atom stereocenters. The molecule has 9 rings (SSSR count). The van der Waals surface area contributed by atoms with Crippen molar-refractivity contribution in [2.24, 2.45) is 0 Å². The molecule has 1 aromatic heterocycles. The average Bonchev–Trinajstić information content (AvgIpc) is 3.63. The van der Waals surface area contributed by atoms with Gasteiger partial charge in [-0.2, -0.15) is 4.57 Å². The van der Waals surface area contributed by atoms with Crippen LogP contribution in [-0.2, 0) is 17.4 Å². The summed E-state index contributed by atoms with van der Waals surface area (Å²) in [5.41, 5.74) is 22.9. The van der Waals surface area contributed by atoms with Crippen LogP contribution in [0.3, 0.4) is 0 Å². The van der Waals surface area contributed by atoms with E-state index in [0.717, 1.165) is 25.8 Å². The van der Waals surface area contributed by atoms with Crippen molar-refractivity contribution in [2.75, 3.05) is 0 Å². The number of aryl methyl sites for hydroxylation is 5. The third kappa shape index (κ3) is 4.80. The van der Waals surface area contributed by atoms with E-state index in [1.54, 1.807) is 0 Å². The zero-order valence-corrected chi connectivity index (χ0v) is 33.3. The van der Waals surface area contributed by atoms with E-state index in [9.17, 15) is 0 Å². The number of aromatic nitrogens is 1. The zero-order chi connectivity index (χ0) is 37.5. The Morgan fingerprint density at radius 2 is 1.07 bits per heavy atom. The highest BCUT2D eigenvalue weighted by atomic mass is 15.0. The third-order valence-corrected chi connectivity index (χ3v) is 13.6. The summed E-state index contributed by atoms with van der Waals surface area (Å²) in [4.78, 5) is 0. The normalized spacial score (nSPS) is 13.6. The van der Waals surface area contributed by atoms with Crippen LogP contribution < -0.4 is 4.57 Å². The number of hydrogen-bond donors (Lipinski definition) is 0. The van der Waals surface area contributed by atoms with Crippen LogP contribution >= 0.6 is 0 Å². The Morgan fingerprint density at radius 3 is 1.74 bits per heavy atom. The minimum atomic E-state index is -0.347. The van der Waals surface area contributed by atoms with Gasteiger partial charge in [-0.1, -0.05) is 119 Å². The van der Waals surface area contributed by atoms with Gasteiger partial charge < -0.3 is 0 Å². The highest BCUT2D eigenvalue weighted by Crippen LogP contribution is 2.63. The predicted octanol–water partition coefficient (Wildman–Crippen LogP) is 13.5. The molecule has 0 N–H and O–H groups in total. The second-order valence-corrected chi connectivity index (χ2v) is 16.5. The Kier molecular flexibility index (Phi) is 8.09. The lowest BCUT2D eigenvalue weighted by atomic mass is 9.70. The van der Waals surface area contributed by atoms with Crippen LogP contribution in [0, 0.1) is 27.7 Å². The molecule has 1 nitrogen and oxygen atoms in total. The van der Waals surface area contributed by atoms with E-state index in [1.807, 2.05) is 0 Å². The number of pyridine rings is 1. The minimum absolute atomic E-state index is 0.0638. The molecule has 0 saturated heterocycles. The average molecular weight is 703 g/mol. The van der Waals surface area contributed by atoms with E-state index in [1.165, 1.54) is 105 Å². The molecule has 7 aromatic rings. The number of benzene rings is 6. The van der Waals surface area contributed by atoms with Crippen molar-refractivity contribution in [3.05, 3.63) is 172 Å². The van der Waals surface area contributed by atoms with Gasteiger partial charge in [-0.05, 0) is 153 Å². The molecule has 268 valence electrons. The van der Waals surface area contributed by atoms with Crippen LogP contribution in [0.1, 0.15) is 97.0 Å². The van der Waals surface area contributed by atoms with E-state index in [0.29, 0.717) is 0 Å². The molecule has 0 bridgehead atoms. The fraction of sp³-hybridized carbons (Fsp3) is 0.264. The highest BCUT2D eigenvalue weighted by molar-refractivity contribution is 5.98. The molecular formula is C53H52N+. The second-order valence-electron chi connectivity index (χ2n) is 16.5. The Labute approximate surface area is 322 Å². The van der Waals surface area contributed by atoms with Crippen LogP contribution in [0.2, 0.25) is 0 Å². The highest BCUT2D eigenvalue weighted by Gasteiger charge is 2.52. The number of hydrogen-bond acceptors (Lipinski definition) is 0. The molecule has 0 aliphatic heterocycles. The molecule has 1 heteroatoms. The lowest BCUT2D eigenvalue weighted by Crippen LogP contribution is -2.36. The van der Waals surface area contributed by atoms with Gasteiger partial charge in [0.25, 0.3) is 0 Å². The van der Waals surface area contributed by atoms with E-state index in [4.69, 9.17) is 0 Å². The van der Waals surface area contributed by atoms with E-state index in [-0.39, 0.29) is 10.8 Å². The molecule has 2 aliphatic carbocycles. The summed E-state index contributed by atoms with van der Waals surface area (Å²) in [6, 6.07) is 45.1. The summed E-state index contributed by atoms with van der Waals surface area (Å²) in [5.74, 6) is 0. The fourth-order valence-electron chi connectivity index (χ4n) is 9.95. The molecule has 2 aliphatic rings. The molecule has 6 aromatic carbocycles. The first kappa shape index (κ1) is 34.5. The first-order valence-electron chi connectivity index (χ1n) is 20.2. The summed E-state index contributed by atoms with van der Waals surface area (Å²) in [7, 11) is 0. The van der Waals surface area contributed by atoms with Gasteiger partial charge in [0, 0.05) is 12.5 Å². The topological polar surface area (TPSA) is 3.88 Å². The molecule has 0 fully saturated rings. The van der Waals surface area contributed by atoms with Crippen molar-refractivity contribution in [1.29, 1.82) is 0 Å². The Balaban J connectivity index is 1.31. The van der Waals surface area contributed by atoms with Crippen molar-refractivity contribution in [3.63, 3.8) is 0 Å². The lowest BCUT2D eigenvalue weighted by Gasteiger charge is -2.31. The Hall–Kier alpha value is -5.27. The molecule has 0 atom stereocenters. The summed E-state index contributed by atoms with van der Waals surface area (Å²) in [6.45, 7) is 19.5.